The van der Waals surface area contributed by atoms with Crippen molar-refractivity contribution in [2.24, 2.45) is 21.8 Å². The van der Waals surface area contributed by atoms with Crippen LogP contribution in [-0.4, -0.2) is 56.8 Å². The van der Waals surface area contributed by atoms with Gasteiger partial charge >= 0.3 is 0 Å². The zero-order chi connectivity index (χ0) is 23.5. The maximum atomic E-state index is 6.28. The fourth-order valence-electron chi connectivity index (χ4n) is 2.94. The Labute approximate surface area is 193 Å². The van der Waals surface area contributed by atoms with Crippen molar-refractivity contribution in [1.82, 2.24) is 9.99 Å². The number of benzene rings is 1. The number of nitrogens with two attached hydrogens (primary N) is 2. The molecular formula is C21H30ClN7O3. The van der Waals surface area contributed by atoms with E-state index in [1.807, 2.05) is 13.0 Å². The van der Waals surface area contributed by atoms with Gasteiger partial charge in [0.15, 0.2) is 0 Å². The van der Waals surface area contributed by atoms with Crippen molar-refractivity contribution < 1.29 is 14.2 Å². The zero-order valence-electron chi connectivity index (χ0n) is 18.6. The number of pyridine rings is 1. The molecule has 0 amide bonds. The van der Waals surface area contributed by atoms with E-state index in [4.69, 9.17) is 37.5 Å². The first-order chi connectivity index (χ1) is 15.4. The summed E-state index contributed by atoms with van der Waals surface area (Å²) in [6, 6.07) is 7.12. The largest absolute Gasteiger partial charge is 0.493 e. The number of para-hydroxylation sites is 1. The Hall–Kier alpha value is -2.92. The van der Waals surface area contributed by atoms with Gasteiger partial charge in [-0.25, -0.2) is 5.84 Å². The van der Waals surface area contributed by atoms with Gasteiger partial charge in [0.25, 0.3) is 0 Å². The van der Waals surface area contributed by atoms with Gasteiger partial charge in [0.05, 0.1) is 29.6 Å². The van der Waals surface area contributed by atoms with Crippen molar-refractivity contribution in [3.05, 3.63) is 46.7 Å². The minimum absolute atomic E-state index is 0.0560. The number of aliphatic imine (C=N–C) groups is 1. The van der Waals surface area contributed by atoms with Crippen LogP contribution < -0.4 is 21.3 Å². The summed E-state index contributed by atoms with van der Waals surface area (Å²) in [5.41, 5.74) is 2.70. The first-order valence-corrected chi connectivity index (χ1v) is 10.2. The third-order valence-corrected chi connectivity index (χ3v) is 4.86. The monoisotopic (exact) mass is 463 g/mol. The van der Waals surface area contributed by atoms with Crippen LogP contribution in [0.3, 0.4) is 0 Å². The van der Waals surface area contributed by atoms with Crippen LogP contribution in [0.1, 0.15) is 17.7 Å². The van der Waals surface area contributed by atoms with E-state index < -0.39 is 0 Å². The summed E-state index contributed by atoms with van der Waals surface area (Å²) in [5, 5.41) is 5.49. The average molecular weight is 464 g/mol. The molecule has 4 N–H and O–H groups in total. The SMILES string of the molecule is C=Nc1c(Cl)cccc1N(COCc1nccc(OCCCOC)c1C)/C(=N/N)N(C)N. The zero-order valence-corrected chi connectivity index (χ0v) is 19.4. The maximum absolute atomic E-state index is 6.28. The van der Waals surface area contributed by atoms with Gasteiger partial charge in [0, 0.05) is 38.9 Å². The summed E-state index contributed by atoms with van der Waals surface area (Å²) in [6.45, 7) is 7.01. The summed E-state index contributed by atoms with van der Waals surface area (Å²) in [7, 11) is 3.28. The Bertz CT molecular complexity index is 924. The number of methoxy groups -OCH3 is 1. The van der Waals surface area contributed by atoms with Crippen molar-refractivity contribution in [2.75, 3.05) is 39.0 Å². The lowest BCUT2D eigenvalue weighted by molar-refractivity contribution is 0.123. The molecule has 0 fully saturated rings. The highest BCUT2D eigenvalue weighted by atomic mass is 35.5. The number of anilines is 1. The van der Waals surface area contributed by atoms with Crippen LogP contribution in [0.25, 0.3) is 0 Å². The van der Waals surface area contributed by atoms with Gasteiger partial charge in [-0.15, -0.1) is 5.10 Å². The molecule has 0 aliphatic carbocycles. The molecule has 0 radical (unpaired) electrons. The van der Waals surface area contributed by atoms with Crippen LogP contribution in [0.4, 0.5) is 11.4 Å². The molecule has 0 spiro atoms. The third kappa shape index (κ3) is 6.54. The molecule has 0 saturated heterocycles. The van der Waals surface area contributed by atoms with Crippen LogP contribution in [0, 0.1) is 6.92 Å². The molecule has 0 aliphatic rings. The lowest BCUT2D eigenvalue weighted by atomic mass is 10.2. The predicted molar refractivity (Wildman–Crippen MR) is 127 cm³/mol. The molecule has 1 aromatic heterocycles. The predicted octanol–water partition coefficient (Wildman–Crippen LogP) is 2.81. The van der Waals surface area contributed by atoms with Gasteiger partial charge in [-0.05, 0) is 31.8 Å². The van der Waals surface area contributed by atoms with Gasteiger partial charge in [0.2, 0.25) is 5.96 Å². The van der Waals surface area contributed by atoms with Crippen LogP contribution in [0.5, 0.6) is 5.75 Å². The number of hydrogen-bond donors (Lipinski definition) is 2. The number of aromatic nitrogens is 1. The highest BCUT2D eigenvalue weighted by Crippen LogP contribution is 2.35. The number of hydrogen-bond acceptors (Lipinski definition) is 8. The molecule has 0 aliphatic heterocycles. The van der Waals surface area contributed by atoms with Gasteiger partial charge in [-0.2, -0.15) is 0 Å². The standard InChI is InChI=1S/C21H30ClN7O3/c1-15-17(26-10-9-19(15)32-12-6-11-30-4)13-31-14-29(21(27-23)28(3)24)18-8-5-7-16(22)20(18)25-2/h5,7-10H,2,6,11-14,23-24H2,1,3-4H3/b27-21+. The molecule has 32 heavy (non-hydrogen) atoms. The van der Waals surface area contributed by atoms with Gasteiger partial charge in [-0.1, -0.05) is 17.7 Å². The molecule has 0 unspecified atom stereocenters. The van der Waals surface area contributed by atoms with Gasteiger partial charge in [-0.3, -0.25) is 19.9 Å². The first-order valence-electron chi connectivity index (χ1n) is 9.87. The van der Waals surface area contributed by atoms with E-state index in [1.165, 1.54) is 5.01 Å². The summed E-state index contributed by atoms with van der Waals surface area (Å²) in [4.78, 5) is 10.1. The van der Waals surface area contributed by atoms with Gasteiger partial charge in [0.1, 0.15) is 18.2 Å². The number of hydrazine groups is 1. The number of hydrazone groups is 1. The Balaban J connectivity index is 2.18. The fourth-order valence-corrected chi connectivity index (χ4v) is 3.17. The molecule has 0 atom stereocenters. The molecule has 0 saturated carbocycles. The molecule has 0 bridgehead atoms. The van der Waals surface area contributed by atoms with Crippen LogP contribution in [0.2, 0.25) is 5.02 Å². The molecular weight excluding hydrogens is 434 g/mol. The lowest BCUT2D eigenvalue weighted by Crippen LogP contribution is -2.47. The smallest absolute Gasteiger partial charge is 0.239 e. The molecule has 11 heteroatoms. The highest BCUT2D eigenvalue weighted by molar-refractivity contribution is 6.33. The highest BCUT2D eigenvalue weighted by Gasteiger charge is 2.21. The van der Waals surface area contributed by atoms with Crippen LogP contribution in [0.15, 0.2) is 40.6 Å². The lowest BCUT2D eigenvalue weighted by Gasteiger charge is -2.29. The summed E-state index contributed by atoms with van der Waals surface area (Å²) in [5.74, 6) is 12.5. The number of rotatable bonds is 11. The van der Waals surface area contributed by atoms with Crippen molar-refractivity contribution >= 4 is 35.7 Å². The summed E-state index contributed by atoms with van der Waals surface area (Å²) >= 11 is 6.28. The minimum Gasteiger partial charge on any atom is -0.493 e. The van der Waals surface area contributed by atoms with E-state index >= 15 is 0 Å². The fraction of sp³-hybridized carbons (Fsp3) is 0.381. The van der Waals surface area contributed by atoms with Crippen LogP contribution >= 0.6 is 11.6 Å². The molecule has 2 aromatic rings. The number of ether oxygens (including phenoxy) is 3. The summed E-state index contributed by atoms with van der Waals surface area (Å²) < 4.78 is 16.8. The van der Waals surface area contributed by atoms with Crippen molar-refractivity contribution in [3.8, 4) is 5.75 Å². The molecule has 2 rings (SSSR count). The second-order valence-electron chi connectivity index (χ2n) is 6.79. The quantitative estimate of drug-likeness (QED) is 0.130. The molecule has 10 nitrogen and oxygen atoms in total. The summed E-state index contributed by atoms with van der Waals surface area (Å²) in [6.07, 6.45) is 2.48. The molecule has 174 valence electrons. The second-order valence-corrected chi connectivity index (χ2v) is 7.19. The van der Waals surface area contributed by atoms with Crippen molar-refractivity contribution in [3.63, 3.8) is 0 Å². The average Bonchev–Trinajstić information content (AvgIpc) is 2.77. The Kier molecular flexibility index (Phi) is 10.2. The van der Waals surface area contributed by atoms with E-state index in [1.54, 1.807) is 43.5 Å². The van der Waals surface area contributed by atoms with E-state index in [-0.39, 0.29) is 19.3 Å². The third-order valence-electron chi connectivity index (χ3n) is 4.56. The van der Waals surface area contributed by atoms with E-state index in [0.29, 0.717) is 29.6 Å². The normalized spacial score (nSPS) is 11.3. The Morgan fingerprint density at radius 3 is 2.72 bits per heavy atom. The number of nitrogens with zero attached hydrogens (tertiary/aromatic N) is 5. The Morgan fingerprint density at radius 2 is 2.06 bits per heavy atom. The van der Waals surface area contributed by atoms with Crippen LogP contribution in [-0.2, 0) is 16.1 Å². The van der Waals surface area contributed by atoms with Gasteiger partial charge < -0.3 is 20.1 Å². The van der Waals surface area contributed by atoms with E-state index in [9.17, 15) is 0 Å². The maximum Gasteiger partial charge on any atom is 0.239 e. The first kappa shape index (κ1) is 25.3. The van der Waals surface area contributed by atoms with Crippen molar-refractivity contribution in [1.29, 1.82) is 0 Å². The van der Waals surface area contributed by atoms with E-state index in [2.05, 4.69) is 21.8 Å². The Morgan fingerprint density at radius 1 is 1.28 bits per heavy atom. The second kappa shape index (κ2) is 12.8. The minimum atomic E-state index is 0.0560. The van der Waals surface area contributed by atoms with E-state index in [0.717, 1.165) is 23.4 Å². The topological polar surface area (TPSA) is 124 Å². The number of guanidine groups is 1. The van der Waals surface area contributed by atoms with Crippen molar-refractivity contribution in [2.45, 2.75) is 20.0 Å². The number of halogens is 1. The molecule has 1 heterocycles. The molecule has 1 aromatic carbocycles.